The molecule has 10 aromatic rings. The average Bonchev–Trinajstić information content (AvgIpc) is 3.67. The van der Waals surface area contributed by atoms with Gasteiger partial charge in [0.1, 0.15) is 0 Å². The highest BCUT2D eigenvalue weighted by atomic mass is 32.1. The normalized spacial score (nSPS) is 11.2. The number of anilines is 3. The van der Waals surface area contributed by atoms with Crippen molar-refractivity contribution in [2.45, 2.75) is 0 Å². The molecule has 0 spiro atoms. The van der Waals surface area contributed by atoms with E-state index >= 15 is 0 Å². The molecule has 0 atom stereocenters. The van der Waals surface area contributed by atoms with E-state index < -0.39 is 0 Å². The molecule has 2 heteroatoms. The van der Waals surface area contributed by atoms with Crippen molar-refractivity contribution in [2.75, 3.05) is 4.90 Å². The number of nitrogens with zero attached hydrogens (tertiary/aromatic N) is 1. The third-order valence-corrected chi connectivity index (χ3v) is 11.8. The van der Waals surface area contributed by atoms with Crippen molar-refractivity contribution in [3.63, 3.8) is 0 Å². The van der Waals surface area contributed by atoms with E-state index in [0.717, 1.165) is 17.1 Å². The van der Waals surface area contributed by atoms with Crippen LogP contribution in [0, 0.1) is 0 Å². The van der Waals surface area contributed by atoms with Crippen LogP contribution in [-0.2, 0) is 0 Å². The number of hydrogen-bond donors (Lipinski definition) is 0. The van der Waals surface area contributed by atoms with E-state index in [1.54, 1.807) is 0 Å². The van der Waals surface area contributed by atoms with Gasteiger partial charge in [-0.2, -0.15) is 0 Å². The molecule has 56 heavy (non-hydrogen) atoms. The van der Waals surface area contributed by atoms with Crippen molar-refractivity contribution in [2.24, 2.45) is 0 Å². The Bertz CT molecular complexity index is 2850. The molecule has 0 aliphatic carbocycles. The van der Waals surface area contributed by atoms with E-state index in [9.17, 15) is 0 Å². The molecule has 0 amide bonds. The lowest BCUT2D eigenvalue weighted by Gasteiger charge is -2.29. The standard InChI is InChI=1S/C54H37NS/c1-4-15-38(16-5-1)41-27-31-45(32-28-41)55(46-33-29-42(30-34-46)39-17-6-2-7-18-39)50-25-12-10-23-47(50)48-35-36-52-54(49-24-11-13-26-51(49)56-52)53(48)44-22-14-21-43(37-44)40-19-8-3-9-20-40/h1-37H. The average molecular weight is 732 g/mol. The molecular weight excluding hydrogens is 695 g/mol. The summed E-state index contributed by atoms with van der Waals surface area (Å²) in [7, 11) is 0. The predicted molar refractivity (Wildman–Crippen MR) is 241 cm³/mol. The van der Waals surface area contributed by atoms with Gasteiger partial charge in [0.05, 0.1) is 5.69 Å². The number of para-hydroxylation sites is 1. The molecule has 0 radical (unpaired) electrons. The van der Waals surface area contributed by atoms with Crippen LogP contribution in [0.2, 0.25) is 0 Å². The Morgan fingerprint density at radius 3 is 1.41 bits per heavy atom. The maximum atomic E-state index is 2.42. The first kappa shape index (κ1) is 33.6. The molecule has 0 bridgehead atoms. The minimum absolute atomic E-state index is 1.10. The van der Waals surface area contributed by atoms with Gasteiger partial charge in [-0.15, -0.1) is 11.3 Å². The number of hydrogen-bond acceptors (Lipinski definition) is 2. The van der Waals surface area contributed by atoms with Crippen molar-refractivity contribution in [3.8, 4) is 55.6 Å². The summed E-state index contributed by atoms with van der Waals surface area (Å²) in [6, 6.07) is 81.4. The first-order valence-electron chi connectivity index (χ1n) is 19.1. The first-order chi connectivity index (χ1) is 27.8. The Kier molecular flexibility index (Phi) is 8.79. The lowest BCUT2D eigenvalue weighted by Crippen LogP contribution is -2.11. The summed E-state index contributed by atoms with van der Waals surface area (Å²) >= 11 is 1.87. The minimum Gasteiger partial charge on any atom is -0.310 e. The smallest absolute Gasteiger partial charge is 0.0540 e. The zero-order valence-electron chi connectivity index (χ0n) is 30.7. The summed E-state index contributed by atoms with van der Waals surface area (Å²) < 4.78 is 2.59. The van der Waals surface area contributed by atoms with Crippen LogP contribution in [0.15, 0.2) is 224 Å². The quantitative estimate of drug-likeness (QED) is 0.150. The van der Waals surface area contributed by atoms with E-state index in [0.29, 0.717) is 0 Å². The molecule has 0 saturated carbocycles. The van der Waals surface area contributed by atoms with Gasteiger partial charge in [-0.1, -0.05) is 176 Å². The van der Waals surface area contributed by atoms with E-state index in [-0.39, 0.29) is 0 Å². The van der Waals surface area contributed by atoms with E-state index in [1.165, 1.54) is 75.8 Å². The van der Waals surface area contributed by atoms with Gasteiger partial charge < -0.3 is 4.90 Å². The highest BCUT2D eigenvalue weighted by Crippen LogP contribution is 2.49. The van der Waals surface area contributed by atoms with Crippen LogP contribution in [0.4, 0.5) is 17.1 Å². The van der Waals surface area contributed by atoms with E-state index in [2.05, 4.69) is 229 Å². The second-order valence-electron chi connectivity index (χ2n) is 14.1. The molecule has 0 fully saturated rings. The monoisotopic (exact) mass is 731 g/mol. The van der Waals surface area contributed by atoms with Gasteiger partial charge in [-0.3, -0.25) is 0 Å². The molecule has 0 saturated heterocycles. The highest BCUT2D eigenvalue weighted by Gasteiger charge is 2.22. The van der Waals surface area contributed by atoms with Crippen molar-refractivity contribution in [1.29, 1.82) is 0 Å². The van der Waals surface area contributed by atoms with E-state index in [1.807, 2.05) is 11.3 Å². The number of fused-ring (bicyclic) bond motifs is 3. The molecular formula is C54H37NS. The van der Waals surface area contributed by atoms with Gasteiger partial charge in [0, 0.05) is 37.1 Å². The fraction of sp³-hybridized carbons (Fsp3) is 0. The fourth-order valence-corrected chi connectivity index (χ4v) is 9.13. The Labute approximate surface area is 332 Å². The van der Waals surface area contributed by atoms with Crippen LogP contribution < -0.4 is 4.90 Å². The summed E-state index contributed by atoms with van der Waals surface area (Å²) in [6.45, 7) is 0. The summed E-state index contributed by atoms with van der Waals surface area (Å²) in [5, 5.41) is 2.59. The molecule has 0 unspecified atom stereocenters. The number of thiophene rings is 1. The zero-order valence-corrected chi connectivity index (χ0v) is 31.5. The Morgan fingerprint density at radius 1 is 0.304 bits per heavy atom. The SMILES string of the molecule is c1ccc(-c2ccc(N(c3ccc(-c4ccccc4)cc3)c3ccccc3-c3ccc4sc5ccccc5c4c3-c3cccc(-c4ccccc4)c3)cc2)cc1. The lowest BCUT2D eigenvalue weighted by atomic mass is 9.88. The Morgan fingerprint density at radius 2 is 0.786 bits per heavy atom. The second kappa shape index (κ2) is 14.7. The Hall–Kier alpha value is -7.00. The van der Waals surface area contributed by atoms with Crippen molar-refractivity contribution < 1.29 is 0 Å². The van der Waals surface area contributed by atoms with Crippen LogP contribution in [0.25, 0.3) is 75.8 Å². The molecule has 1 heterocycles. The summed E-state index contributed by atoms with van der Waals surface area (Å²) in [6.07, 6.45) is 0. The summed E-state index contributed by atoms with van der Waals surface area (Å²) in [4.78, 5) is 2.42. The Balaban J connectivity index is 1.20. The van der Waals surface area contributed by atoms with E-state index in [4.69, 9.17) is 0 Å². The second-order valence-corrected chi connectivity index (χ2v) is 15.2. The predicted octanol–water partition coefficient (Wildman–Crippen LogP) is 15.9. The van der Waals surface area contributed by atoms with Crippen LogP contribution in [0.3, 0.4) is 0 Å². The van der Waals surface area contributed by atoms with Crippen molar-refractivity contribution >= 4 is 48.6 Å². The summed E-state index contributed by atoms with van der Waals surface area (Å²) in [5.41, 5.74) is 15.4. The highest BCUT2D eigenvalue weighted by molar-refractivity contribution is 7.26. The number of rotatable bonds is 8. The maximum absolute atomic E-state index is 2.42. The van der Waals surface area contributed by atoms with Gasteiger partial charge >= 0.3 is 0 Å². The van der Waals surface area contributed by atoms with Crippen molar-refractivity contribution in [1.82, 2.24) is 0 Å². The molecule has 0 aliphatic heterocycles. The minimum atomic E-state index is 1.10. The molecule has 1 aromatic heterocycles. The lowest BCUT2D eigenvalue weighted by molar-refractivity contribution is 1.28. The molecule has 0 N–H and O–H groups in total. The van der Waals surface area contributed by atoms with Crippen LogP contribution >= 0.6 is 11.3 Å². The van der Waals surface area contributed by atoms with Crippen LogP contribution in [0.1, 0.15) is 0 Å². The molecule has 0 aliphatic rings. The molecule has 9 aromatic carbocycles. The third-order valence-electron chi connectivity index (χ3n) is 10.7. The molecule has 1 nitrogen and oxygen atoms in total. The van der Waals surface area contributed by atoms with Gasteiger partial charge in [-0.05, 0) is 98.6 Å². The van der Waals surface area contributed by atoms with Gasteiger partial charge in [-0.25, -0.2) is 0 Å². The van der Waals surface area contributed by atoms with Crippen LogP contribution in [0.5, 0.6) is 0 Å². The fourth-order valence-electron chi connectivity index (χ4n) is 8.02. The number of benzene rings is 9. The largest absolute Gasteiger partial charge is 0.310 e. The molecule has 264 valence electrons. The van der Waals surface area contributed by atoms with Crippen LogP contribution in [-0.4, -0.2) is 0 Å². The topological polar surface area (TPSA) is 3.24 Å². The van der Waals surface area contributed by atoms with Gasteiger partial charge in [0.15, 0.2) is 0 Å². The first-order valence-corrected chi connectivity index (χ1v) is 19.9. The third kappa shape index (κ3) is 6.26. The van der Waals surface area contributed by atoms with Crippen molar-refractivity contribution in [3.05, 3.63) is 224 Å². The zero-order chi connectivity index (χ0) is 37.3. The van der Waals surface area contributed by atoms with Gasteiger partial charge in [0.2, 0.25) is 0 Å². The summed E-state index contributed by atoms with van der Waals surface area (Å²) in [5.74, 6) is 0. The maximum Gasteiger partial charge on any atom is 0.0540 e. The molecule has 10 rings (SSSR count). The van der Waals surface area contributed by atoms with Gasteiger partial charge in [0.25, 0.3) is 0 Å².